The first-order valence-electron chi connectivity index (χ1n) is 7.22. The third kappa shape index (κ3) is 4.67. The van der Waals surface area contributed by atoms with E-state index in [1.807, 2.05) is 6.07 Å². The Morgan fingerprint density at radius 1 is 1.50 bits per heavy atom. The highest BCUT2D eigenvalue weighted by molar-refractivity contribution is 9.10. The van der Waals surface area contributed by atoms with E-state index in [1.54, 1.807) is 0 Å². The van der Waals surface area contributed by atoms with E-state index < -0.39 is 0 Å². The molecule has 0 spiro atoms. The van der Waals surface area contributed by atoms with Crippen LogP contribution in [-0.2, 0) is 11.2 Å². The number of benzene rings is 1. The van der Waals surface area contributed by atoms with Crippen LogP contribution in [0, 0.1) is 17.7 Å². The van der Waals surface area contributed by atoms with Crippen LogP contribution >= 0.6 is 15.9 Å². The molecule has 0 radical (unpaired) electrons. The van der Waals surface area contributed by atoms with Gasteiger partial charge in [-0.25, -0.2) is 4.39 Å². The number of nitrogens with one attached hydrogen (secondary N) is 1. The van der Waals surface area contributed by atoms with Gasteiger partial charge in [-0.05, 0) is 61.5 Å². The monoisotopic (exact) mass is 341 g/mol. The summed E-state index contributed by atoms with van der Waals surface area (Å²) in [6.45, 7) is 4.26. The van der Waals surface area contributed by atoms with E-state index in [2.05, 4.69) is 28.2 Å². The number of carbonyl (C=O) groups excluding carboxylic acids is 1. The second kappa shape index (κ2) is 7.32. The molecule has 110 valence electrons. The van der Waals surface area contributed by atoms with Gasteiger partial charge in [-0.1, -0.05) is 22.9 Å². The summed E-state index contributed by atoms with van der Waals surface area (Å²) in [6.07, 6.45) is 3.30. The van der Waals surface area contributed by atoms with Gasteiger partial charge in [-0.2, -0.15) is 0 Å². The average molecular weight is 342 g/mol. The molecule has 2 atom stereocenters. The van der Waals surface area contributed by atoms with Crippen molar-refractivity contribution in [1.82, 2.24) is 5.32 Å². The maximum atomic E-state index is 13.3. The molecule has 1 aliphatic rings. The molecule has 0 amide bonds. The maximum absolute atomic E-state index is 13.3. The highest BCUT2D eigenvalue weighted by atomic mass is 79.9. The Morgan fingerprint density at radius 2 is 2.30 bits per heavy atom. The molecule has 1 saturated heterocycles. The Labute approximate surface area is 128 Å². The molecule has 1 aromatic rings. The van der Waals surface area contributed by atoms with Crippen molar-refractivity contribution in [2.75, 3.05) is 13.1 Å². The molecular formula is C16H21BrFNO. The van der Waals surface area contributed by atoms with E-state index >= 15 is 0 Å². The Morgan fingerprint density at radius 3 is 2.95 bits per heavy atom. The fraction of sp³-hybridized carbons (Fsp3) is 0.562. The molecule has 2 rings (SSSR count). The van der Waals surface area contributed by atoms with Crippen molar-refractivity contribution in [2.24, 2.45) is 11.8 Å². The zero-order chi connectivity index (χ0) is 14.5. The van der Waals surface area contributed by atoms with Crippen LogP contribution in [0.3, 0.4) is 0 Å². The molecule has 0 saturated carbocycles. The second-order valence-corrected chi connectivity index (χ2v) is 6.70. The molecule has 1 aliphatic heterocycles. The van der Waals surface area contributed by atoms with Crippen LogP contribution in [0.15, 0.2) is 22.7 Å². The number of carbonyl (C=O) groups is 1. The third-order valence-corrected chi connectivity index (χ3v) is 4.47. The number of piperidine rings is 1. The highest BCUT2D eigenvalue weighted by Gasteiger charge is 2.22. The molecule has 0 bridgehead atoms. The van der Waals surface area contributed by atoms with Crippen molar-refractivity contribution >= 4 is 21.7 Å². The molecule has 0 aromatic heterocycles. The molecule has 1 N–H and O–H groups in total. The zero-order valence-electron chi connectivity index (χ0n) is 11.8. The fourth-order valence-electron chi connectivity index (χ4n) is 2.90. The van der Waals surface area contributed by atoms with E-state index in [9.17, 15) is 9.18 Å². The van der Waals surface area contributed by atoms with Crippen LogP contribution in [0.4, 0.5) is 4.39 Å². The first kappa shape index (κ1) is 15.6. The highest BCUT2D eigenvalue weighted by Crippen LogP contribution is 2.23. The van der Waals surface area contributed by atoms with Gasteiger partial charge in [0.25, 0.3) is 0 Å². The zero-order valence-corrected chi connectivity index (χ0v) is 13.4. The van der Waals surface area contributed by atoms with E-state index in [1.165, 1.54) is 25.0 Å². The number of Topliss-reactive ketones (excluding diaryl/α,β-unsaturated/α-hetero) is 1. The van der Waals surface area contributed by atoms with Crippen molar-refractivity contribution in [2.45, 2.75) is 32.6 Å². The summed E-state index contributed by atoms with van der Waals surface area (Å²) in [6, 6.07) is 4.66. The van der Waals surface area contributed by atoms with Gasteiger partial charge in [0.05, 0.1) is 0 Å². The second-order valence-electron chi connectivity index (χ2n) is 5.78. The first-order valence-corrected chi connectivity index (χ1v) is 8.01. The summed E-state index contributed by atoms with van der Waals surface area (Å²) in [4.78, 5) is 12.1. The summed E-state index contributed by atoms with van der Waals surface area (Å²) >= 11 is 3.26. The largest absolute Gasteiger partial charge is 0.316 e. The van der Waals surface area contributed by atoms with Gasteiger partial charge in [0, 0.05) is 17.3 Å². The molecule has 2 nitrogen and oxygen atoms in total. The van der Waals surface area contributed by atoms with E-state index in [0.717, 1.165) is 18.7 Å². The van der Waals surface area contributed by atoms with Crippen molar-refractivity contribution in [3.8, 4) is 0 Å². The van der Waals surface area contributed by atoms with Gasteiger partial charge in [0.15, 0.2) is 0 Å². The summed E-state index contributed by atoms with van der Waals surface area (Å²) in [5.74, 6) is 0.881. The van der Waals surface area contributed by atoms with Crippen LogP contribution in [0.5, 0.6) is 0 Å². The quantitative estimate of drug-likeness (QED) is 0.884. The smallest absolute Gasteiger partial charge is 0.137 e. The Kier molecular flexibility index (Phi) is 5.73. The van der Waals surface area contributed by atoms with Crippen molar-refractivity contribution < 1.29 is 9.18 Å². The number of rotatable bonds is 5. The maximum Gasteiger partial charge on any atom is 0.137 e. The standard InChI is InChI=1S/C16H21BrFNO/c1-11(13-3-2-4-19-10-13)5-16(20)8-12-6-14(17)9-15(18)7-12/h6-7,9,11,13,19H,2-5,8,10H2,1H3. The lowest BCUT2D eigenvalue weighted by Crippen LogP contribution is -2.34. The molecule has 0 aliphatic carbocycles. The molecule has 2 unspecified atom stereocenters. The number of halogens is 2. The molecule has 1 aromatic carbocycles. The van der Waals surface area contributed by atoms with Gasteiger partial charge >= 0.3 is 0 Å². The van der Waals surface area contributed by atoms with Gasteiger partial charge < -0.3 is 5.32 Å². The first-order chi connectivity index (χ1) is 9.54. The average Bonchev–Trinajstić information content (AvgIpc) is 2.38. The van der Waals surface area contributed by atoms with Gasteiger partial charge in [-0.15, -0.1) is 0 Å². The SMILES string of the molecule is CC(CC(=O)Cc1cc(F)cc(Br)c1)C1CCCNC1. The minimum atomic E-state index is -0.299. The number of ketones is 1. The van der Waals surface area contributed by atoms with E-state index in [0.29, 0.717) is 29.2 Å². The van der Waals surface area contributed by atoms with E-state index in [4.69, 9.17) is 0 Å². The van der Waals surface area contributed by atoms with Crippen LogP contribution in [0.2, 0.25) is 0 Å². The summed E-state index contributed by atoms with van der Waals surface area (Å²) in [5, 5.41) is 3.39. The van der Waals surface area contributed by atoms with Crippen LogP contribution in [0.25, 0.3) is 0 Å². The summed E-state index contributed by atoms with van der Waals surface area (Å²) < 4.78 is 14.0. The van der Waals surface area contributed by atoms with Crippen molar-refractivity contribution in [3.05, 3.63) is 34.1 Å². The Hall–Kier alpha value is -0.740. The minimum absolute atomic E-state index is 0.195. The topological polar surface area (TPSA) is 29.1 Å². The third-order valence-electron chi connectivity index (χ3n) is 4.01. The number of hydrogen-bond acceptors (Lipinski definition) is 2. The molecule has 1 heterocycles. The van der Waals surface area contributed by atoms with Crippen LogP contribution in [0.1, 0.15) is 31.7 Å². The summed E-state index contributed by atoms with van der Waals surface area (Å²) in [7, 11) is 0. The van der Waals surface area contributed by atoms with E-state index in [-0.39, 0.29) is 11.6 Å². The Bertz CT molecular complexity index is 451. The van der Waals surface area contributed by atoms with Gasteiger partial charge in [0.2, 0.25) is 0 Å². The van der Waals surface area contributed by atoms with Gasteiger partial charge in [-0.3, -0.25) is 4.79 Å². The normalized spacial score (nSPS) is 20.6. The fourth-order valence-corrected chi connectivity index (χ4v) is 3.42. The minimum Gasteiger partial charge on any atom is -0.316 e. The molecule has 1 fully saturated rings. The predicted octanol–water partition coefficient (Wildman–Crippen LogP) is 3.73. The van der Waals surface area contributed by atoms with Crippen molar-refractivity contribution in [1.29, 1.82) is 0 Å². The Balaban J connectivity index is 1.88. The lowest BCUT2D eigenvalue weighted by molar-refractivity contribution is -0.119. The summed E-state index contributed by atoms with van der Waals surface area (Å²) in [5.41, 5.74) is 0.746. The number of hydrogen-bond donors (Lipinski definition) is 1. The van der Waals surface area contributed by atoms with Gasteiger partial charge in [0.1, 0.15) is 11.6 Å². The molecular weight excluding hydrogens is 321 g/mol. The van der Waals surface area contributed by atoms with Crippen LogP contribution < -0.4 is 5.32 Å². The lowest BCUT2D eigenvalue weighted by Gasteiger charge is -2.28. The lowest BCUT2D eigenvalue weighted by atomic mass is 9.84. The van der Waals surface area contributed by atoms with Crippen LogP contribution in [-0.4, -0.2) is 18.9 Å². The van der Waals surface area contributed by atoms with Crippen molar-refractivity contribution in [3.63, 3.8) is 0 Å². The predicted molar refractivity (Wildman–Crippen MR) is 82.2 cm³/mol. The molecule has 20 heavy (non-hydrogen) atoms. The molecule has 4 heteroatoms.